The second-order valence-corrected chi connectivity index (χ2v) is 7.85. The lowest BCUT2D eigenvalue weighted by atomic mass is 9.93. The van der Waals surface area contributed by atoms with Crippen LogP contribution in [0.25, 0.3) is 0 Å². The van der Waals surface area contributed by atoms with Gasteiger partial charge in [-0.25, -0.2) is 0 Å². The normalized spacial score (nSPS) is 14.1. The van der Waals surface area contributed by atoms with E-state index < -0.39 is 15.9 Å². The van der Waals surface area contributed by atoms with Crippen molar-refractivity contribution in [1.29, 1.82) is 0 Å². The van der Waals surface area contributed by atoms with Crippen LogP contribution in [0.1, 0.15) is 51.0 Å². The molecule has 2 rings (SSSR count). The van der Waals surface area contributed by atoms with Crippen molar-refractivity contribution in [3.63, 3.8) is 0 Å². The van der Waals surface area contributed by atoms with Crippen LogP contribution in [0, 0.1) is 0 Å². The zero-order valence-electron chi connectivity index (χ0n) is 16.5. The summed E-state index contributed by atoms with van der Waals surface area (Å²) in [4.78, 5) is 15.0. The van der Waals surface area contributed by atoms with E-state index in [4.69, 9.17) is 17.0 Å². The van der Waals surface area contributed by atoms with Crippen LogP contribution >= 0.6 is 12.2 Å². The predicted molar refractivity (Wildman–Crippen MR) is 112 cm³/mol. The van der Waals surface area contributed by atoms with Crippen molar-refractivity contribution < 1.29 is 17.9 Å². The van der Waals surface area contributed by atoms with Crippen molar-refractivity contribution in [3.8, 4) is 5.75 Å². The topological polar surface area (TPSA) is 88.1 Å². The van der Waals surface area contributed by atoms with Gasteiger partial charge in [-0.2, -0.15) is 8.42 Å². The molecule has 0 heterocycles. The quantitative estimate of drug-likeness (QED) is 0.482. The summed E-state index contributed by atoms with van der Waals surface area (Å²) in [5.74, 6) is 0.293. The van der Waals surface area contributed by atoms with Crippen LogP contribution in [0.2, 0.25) is 0 Å². The Hall–Kier alpha value is -2.00. The van der Waals surface area contributed by atoms with E-state index in [1.807, 2.05) is 0 Å². The Morgan fingerprint density at radius 3 is 2.57 bits per heavy atom. The summed E-state index contributed by atoms with van der Waals surface area (Å²) >= 11 is 5.37. The fourth-order valence-electron chi connectivity index (χ4n) is 3.28. The molecule has 1 aliphatic carbocycles. The molecule has 1 amide bonds. The third-order valence-electron chi connectivity index (χ3n) is 5.00. The van der Waals surface area contributed by atoms with Crippen LogP contribution in [0.4, 0.5) is 5.69 Å². The third-order valence-corrected chi connectivity index (χ3v) is 5.77. The second-order valence-electron chi connectivity index (χ2n) is 6.85. The number of amides is 1. The first-order valence-electron chi connectivity index (χ1n) is 9.43. The molecule has 0 spiro atoms. The first kappa shape index (κ1) is 22.3. The smallest absolute Gasteiger partial charge is 0.316 e. The van der Waals surface area contributed by atoms with Gasteiger partial charge in [-0.05, 0) is 49.2 Å². The Morgan fingerprint density at radius 2 is 2.04 bits per heavy atom. The maximum atomic E-state index is 13.4. The molecule has 0 aliphatic heterocycles. The van der Waals surface area contributed by atoms with Gasteiger partial charge in [0.05, 0.1) is 12.5 Å². The molecule has 9 heteroatoms. The lowest BCUT2D eigenvalue weighted by Gasteiger charge is -2.28. The van der Waals surface area contributed by atoms with Gasteiger partial charge in [0.15, 0.2) is 5.11 Å². The van der Waals surface area contributed by atoms with E-state index in [1.165, 1.54) is 7.11 Å². The Labute approximate surface area is 173 Å². The predicted octanol–water partition coefficient (Wildman–Crippen LogP) is 3.33. The molecule has 154 valence electrons. The molecule has 1 fully saturated rings. The number of carbonyl (C=O) groups excluding carboxylic acids is 1. The van der Waals surface area contributed by atoms with E-state index in [1.54, 1.807) is 30.1 Å². The van der Waals surface area contributed by atoms with Crippen LogP contribution in [0.5, 0.6) is 5.75 Å². The molecular weight excluding hydrogens is 398 g/mol. The van der Waals surface area contributed by atoms with E-state index in [-0.39, 0.29) is 11.6 Å². The maximum Gasteiger partial charge on any atom is 0.316 e. The lowest BCUT2D eigenvalue weighted by Crippen LogP contribution is -2.47. The minimum Gasteiger partial charge on any atom is -0.494 e. The van der Waals surface area contributed by atoms with Crippen molar-refractivity contribution in [2.45, 2.75) is 50.9 Å². The molecule has 0 aromatic heterocycles. The second kappa shape index (κ2) is 9.97. The molecule has 1 saturated carbocycles. The maximum absolute atomic E-state index is 13.4. The number of ether oxygens (including phenoxy) is 1. The number of nitrogens with one attached hydrogen (secondary N) is 1. The minimum absolute atomic E-state index is 0.0530. The number of hydrogen-bond donors (Lipinski definition) is 1. The number of thiocarbonyl (C=S) groups is 1. The van der Waals surface area contributed by atoms with Gasteiger partial charge in [0, 0.05) is 13.6 Å². The van der Waals surface area contributed by atoms with Crippen LogP contribution in [0.15, 0.2) is 22.6 Å². The average Bonchev–Trinajstić information content (AvgIpc) is 3.48. The number of hydrogen-bond acceptors (Lipinski definition) is 6. The Morgan fingerprint density at radius 1 is 1.32 bits per heavy atom. The largest absolute Gasteiger partial charge is 0.494 e. The molecular formula is C19H27N3O4S2. The molecule has 1 N–H and O–H groups in total. The van der Waals surface area contributed by atoms with E-state index >= 15 is 0 Å². The molecule has 0 bridgehead atoms. The average molecular weight is 426 g/mol. The Bertz CT molecular complexity index is 856. The molecule has 0 radical (unpaired) electrons. The van der Waals surface area contributed by atoms with Gasteiger partial charge in [0.1, 0.15) is 11.4 Å². The van der Waals surface area contributed by atoms with Crippen LogP contribution < -0.4 is 10.1 Å². The minimum atomic E-state index is -2.61. The zero-order valence-corrected chi connectivity index (χ0v) is 18.2. The number of unbranched alkanes of at least 4 members (excludes halogenated alkanes) is 3. The van der Waals surface area contributed by atoms with Gasteiger partial charge in [0.25, 0.3) is 0 Å². The van der Waals surface area contributed by atoms with Gasteiger partial charge in [-0.3, -0.25) is 9.69 Å². The highest BCUT2D eigenvalue weighted by Gasteiger charge is 2.53. The number of nitrogens with zero attached hydrogens (tertiary/aromatic N) is 2. The monoisotopic (exact) mass is 425 g/mol. The molecule has 0 unspecified atom stereocenters. The summed E-state index contributed by atoms with van der Waals surface area (Å²) in [6.07, 6.45) is 5.55. The zero-order chi connectivity index (χ0) is 20.7. The fourth-order valence-corrected chi connectivity index (χ4v) is 3.75. The van der Waals surface area contributed by atoms with Crippen LogP contribution in [-0.2, 0) is 20.7 Å². The summed E-state index contributed by atoms with van der Waals surface area (Å²) in [5, 5.41) is 3.32. The number of rotatable bonds is 9. The summed E-state index contributed by atoms with van der Waals surface area (Å²) < 4.78 is 30.8. The molecule has 1 aromatic carbocycles. The van der Waals surface area contributed by atoms with Crippen molar-refractivity contribution >= 4 is 39.4 Å². The fraction of sp³-hybridized carbons (Fsp3) is 0.579. The van der Waals surface area contributed by atoms with E-state index in [9.17, 15) is 13.2 Å². The highest BCUT2D eigenvalue weighted by atomic mass is 32.2. The summed E-state index contributed by atoms with van der Waals surface area (Å²) in [5.41, 5.74) is 0.241. The van der Waals surface area contributed by atoms with E-state index in [0.29, 0.717) is 30.2 Å². The first-order valence-corrected chi connectivity index (χ1v) is 10.9. The first-order chi connectivity index (χ1) is 13.4. The molecule has 1 aliphatic rings. The van der Waals surface area contributed by atoms with Gasteiger partial charge in [0.2, 0.25) is 5.91 Å². The van der Waals surface area contributed by atoms with E-state index in [0.717, 1.165) is 31.2 Å². The summed E-state index contributed by atoms with van der Waals surface area (Å²) in [6, 6.07) is 5.07. The molecule has 0 saturated heterocycles. The summed E-state index contributed by atoms with van der Waals surface area (Å²) in [6.45, 7) is 2.71. The van der Waals surface area contributed by atoms with E-state index in [2.05, 4.69) is 16.6 Å². The standard InChI is InChI=1S/C19H27N3O4S2/c1-4-5-6-7-12-22(18(27)20-2)17(23)19(10-11-19)14-8-9-16(26-3)15(13-14)21-28(24)25/h8-9,13H,4-7,10-12H2,1-3H3,(H,20,27). The Balaban J connectivity index is 2.32. The highest BCUT2D eigenvalue weighted by molar-refractivity contribution is 7.80. The van der Waals surface area contributed by atoms with Gasteiger partial charge >= 0.3 is 10.5 Å². The molecule has 28 heavy (non-hydrogen) atoms. The number of benzene rings is 1. The summed E-state index contributed by atoms with van der Waals surface area (Å²) in [7, 11) is 0.549. The van der Waals surface area contributed by atoms with Gasteiger partial charge in [-0.15, -0.1) is 4.36 Å². The SMILES string of the molecule is CCCCCCN(C(=O)C1(c2ccc(OC)c(N=S(=O)=O)c2)CC1)C(=S)NC. The van der Waals surface area contributed by atoms with Gasteiger partial charge < -0.3 is 10.1 Å². The van der Waals surface area contributed by atoms with Crippen molar-refractivity contribution in [3.05, 3.63) is 23.8 Å². The molecule has 0 atom stereocenters. The lowest BCUT2D eigenvalue weighted by molar-refractivity contribution is -0.130. The van der Waals surface area contributed by atoms with Crippen molar-refractivity contribution in [2.24, 2.45) is 4.36 Å². The third kappa shape index (κ3) is 5.08. The molecule has 1 aromatic rings. The van der Waals surface area contributed by atoms with Gasteiger partial charge in [-0.1, -0.05) is 32.3 Å². The number of methoxy groups -OCH3 is 1. The number of carbonyl (C=O) groups is 1. The Kier molecular flexibility index (Phi) is 7.94. The molecule has 7 nitrogen and oxygen atoms in total. The van der Waals surface area contributed by atoms with Crippen LogP contribution in [0.3, 0.4) is 0 Å². The van der Waals surface area contributed by atoms with Crippen molar-refractivity contribution in [1.82, 2.24) is 10.2 Å². The highest BCUT2D eigenvalue weighted by Crippen LogP contribution is 2.51. The van der Waals surface area contributed by atoms with Crippen LogP contribution in [-0.4, -0.2) is 45.0 Å². The van der Waals surface area contributed by atoms with Crippen molar-refractivity contribution in [2.75, 3.05) is 20.7 Å².